The fraction of sp³-hybridized carbons (Fsp3) is 0. The maximum Gasteiger partial charge on any atom is 0.162 e. The van der Waals surface area contributed by atoms with E-state index in [1.165, 1.54) is 11.5 Å². The highest BCUT2D eigenvalue weighted by Crippen LogP contribution is 2.16. The molecule has 1 N–H and O–H groups in total. The average Bonchev–Trinajstić information content (AvgIpc) is 2.68. The number of pyridine rings is 1. The molecule has 0 aliphatic heterocycles. The van der Waals surface area contributed by atoms with E-state index in [4.69, 9.17) is 4.42 Å². The number of nitrogens with one attached hydrogen (secondary N) is 1. The fourth-order valence-corrected chi connectivity index (χ4v) is 1.96. The number of hydrogen-bond acceptors (Lipinski definition) is 4. The fourth-order valence-electron chi connectivity index (χ4n) is 1.30. The third kappa shape index (κ3) is 1.46. The third-order valence-corrected chi connectivity index (χ3v) is 2.86. The average molecular weight is 217 g/mol. The summed E-state index contributed by atoms with van der Waals surface area (Å²) in [7, 11) is 0. The van der Waals surface area contributed by atoms with Crippen molar-refractivity contribution >= 4 is 32.7 Å². The minimum atomic E-state index is 0.797. The minimum Gasteiger partial charge on any atom is -0.461 e. The number of fused-ring (bicyclic) bond motifs is 2. The molecule has 15 heavy (non-hydrogen) atoms. The van der Waals surface area contributed by atoms with Crippen LogP contribution in [0.4, 0.5) is 0 Å². The van der Waals surface area contributed by atoms with Gasteiger partial charge >= 0.3 is 0 Å². The smallest absolute Gasteiger partial charge is 0.162 e. The molecule has 3 rings (SSSR count). The van der Waals surface area contributed by atoms with Gasteiger partial charge in [0.25, 0.3) is 0 Å². The highest BCUT2D eigenvalue weighted by atomic mass is 32.1. The standard InChI is InChI=1S/C10H7N3OS/c1-2-11-3-8-7(1)6-14-9-4-12-5-10(9)15-13-8/h1-6,12H. The van der Waals surface area contributed by atoms with Crippen LogP contribution in [-0.2, 0) is 0 Å². The van der Waals surface area contributed by atoms with E-state index in [1.807, 2.05) is 12.3 Å². The van der Waals surface area contributed by atoms with Crippen molar-refractivity contribution in [3.05, 3.63) is 37.1 Å². The number of H-pyrrole nitrogens is 1. The number of rotatable bonds is 0. The lowest BCUT2D eigenvalue weighted by Crippen LogP contribution is -1.74. The third-order valence-electron chi connectivity index (χ3n) is 2.06. The second-order valence-corrected chi connectivity index (χ2v) is 3.84. The zero-order chi connectivity index (χ0) is 10.1. The van der Waals surface area contributed by atoms with Crippen LogP contribution in [0, 0.1) is 0 Å². The molecule has 0 saturated carbocycles. The Morgan fingerprint density at radius 2 is 2.33 bits per heavy atom. The van der Waals surface area contributed by atoms with Crippen molar-refractivity contribution in [3.63, 3.8) is 0 Å². The summed E-state index contributed by atoms with van der Waals surface area (Å²) in [6.07, 6.45) is 8.80. The Hall–Kier alpha value is -1.88. The van der Waals surface area contributed by atoms with E-state index in [9.17, 15) is 0 Å². The molecule has 0 amide bonds. The normalized spacial score (nSPS) is 10.7. The number of aromatic nitrogens is 3. The summed E-state index contributed by atoms with van der Waals surface area (Å²) in [5.41, 5.74) is 1.63. The summed E-state index contributed by atoms with van der Waals surface area (Å²) in [6.45, 7) is 0. The van der Waals surface area contributed by atoms with E-state index in [0.29, 0.717) is 0 Å². The molecule has 0 fully saturated rings. The van der Waals surface area contributed by atoms with Crippen molar-refractivity contribution in [1.82, 2.24) is 14.3 Å². The molecule has 3 aromatic heterocycles. The molecule has 0 aliphatic rings. The van der Waals surface area contributed by atoms with Crippen LogP contribution >= 0.6 is 11.5 Å². The number of aromatic amines is 1. The Morgan fingerprint density at radius 3 is 3.33 bits per heavy atom. The largest absolute Gasteiger partial charge is 0.461 e. The summed E-state index contributed by atoms with van der Waals surface area (Å²) < 4.78 is 10.9. The molecule has 0 aliphatic carbocycles. The Morgan fingerprint density at radius 1 is 1.33 bits per heavy atom. The van der Waals surface area contributed by atoms with Gasteiger partial charge in [0.05, 0.1) is 6.20 Å². The monoisotopic (exact) mass is 217 g/mol. The van der Waals surface area contributed by atoms with E-state index in [-0.39, 0.29) is 0 Å². The SMILES string of the molecule is c1cc2coc3c[nH]cc3snc2cn1. The van der Waals surface area contributed by atoms with Gasteiger partial charge in [-0.3, -0.25) is 4.98 Å². The van der Waals surface area contributed by atoms with Crippen LogP contribution < -0.4 is 0 Å². The summed E-state index contributed by atoms with van der Waals surface area (Å²) in [6, 6.07) is 1.87. The first-order valence-corrected chi connectivity index (χ1v) is 5.19. The molecule has 0 unspecified atom stereocenters. The summed E-state index contributed by atoms with van der Waals surface area (Å²) in [4.78, 5) is 7.00. The van der Waals surface area contributed by atoms with Crippen LogP contribution in [0.2, 0.25) is 0 Å². The molecule has 74 valence electrons. The van der Waals surface area contributed by atoms with Crippen LogP contribution in [0.25, 0.3) is 21.2 Å². The molecular formula is C10H7N3OS. The summed E-state index contributed by atoms with van der Waals surface area (Å²) in [5.74, 6) is 0. The Bertz CT molecular complexity index is 596. The van der Waals surface area contributed by atoms with Gasteiger partial charge < -0.3 is 9.40 Å². The van der Waals surface area contributed by atoms with E-state index in [1.54, 1.807) is 24.9 Å². The van der Waals surface area contributed by atoms with Crippen LogP contribution in [0.5, 0.6) is 0 Å². The van der Waals surface area contributed by atoms with Gasteiger partial charge in [-0.25, -0.2) is 0 Å². The number of nitrogens with zero attached hydrogens (tertiary/aromatic N) is 2. The first-order valence-electron chi connectivity index (χ1n) is 4.42. The lowest BCUT2D eigenvalue weighted by Gasteiger charge is -1.90. The Kier molecular flexibility index (Phi) is 1.89. The predicted molar refractivity (Wildman–Crippen MR) is 59.2 cm³/mol. The highest BCUT2D eigenvalue weighted by Gasteiger charge is 1.95. The number of hydrogen-bond donors (Lipinski definition) is 1. The molecule has 0 saturated heterocycles. The second-order valence-electron chi connectivity index (χ2n) is 3.04. The first kappa shape index (κ1) is 8.43. The zero-order valence-electron chi connectivity index (χ0n) is 7.68. The maximum atomic E-state index is 5.53. The van der Waals surface area contributed by atoms with Crippen molar-refractivity contribution in [1.29, 1.82) is 0 Å². The van der Waals surface area contributed by atoms with Gasteiger partial charge in [-0.15, -0.1) is 0 Å². The molecule has 5 heteroatoms. The zero-order valence-corrected chi connectivity index (χ0v) is 8.49. The van der Waals surface area contributed by atoms with Crippen molar-refractivity contribution < 1.29 is 4.42 Å². The van der Waals surface area contributed by atoms with Crippen molar-refractivity contribution in [2.24, 2.45) is 0 Å². The van der Waals surface area contributed by atoms with Crippen molar-refractivity contribution in [2.45, 2.75) is 0 Å². The molecule has 0 bridgehead atoms. The van der Waals surface area contributed by atoms with Gasteiger partial charge in [0.2, 0.25) is 0 Å². The van der Waals surface area contributed by atoms with Crippen LogP contribution in [-0.4, -0.2) is 14.3 Å². The quantitative estimate of drug-likeness (QED) is 0.630. The van der Waals surface area contributed by atoms with Crippen molar-refractivity contribution in [3.8, 4) is 0 Å². The first-order chi connectivity index (χ1) is 7.43. The maximum absolute atomic E-state index is 5.53. The molecule has 0 radical (unpaired) electrons. The molecule has 4 nitrogen and oxygen atoms in total. The molecule has 3 heterocycles. The van der Waals surface area contributed by atoms with Gasteiger partial charge in [-0.1, -0.05) is 0 Å². The Balaban J connectivity index is 2.47. The summed E-state index contributed by atoms with van der Waals surface area (Å²) in [5, 5.41) is 0.935. The highest BCUT2D eigenvalue weighted by molar-refractivity contribution is 7.12. The molecule has 3 aromatic rings. The molecule has 0 aromatic carbocycles. The van der Waals surface area contributed by atoms with Gasteiger partial charge in [-0.2, -0.15) is 4.37 Å². The summed E-state index contributed by atoms with van der Waals surface area (Å²) >= 11 is 1.38. The van der Waals surface area contributed by atoms with Crippen LogP contribution in [0.1, 0.15) is 0 Å². The van der Waals surface area contributed by atoms with Crippen molar-refractivity contribution in [2.75, 3.05) is 0 Å². The van der Waals surface area contributed by atoms with Gasteiger partial charge in [0, 0.05) is 24.0 Å². The lowest BCUT2D eigenvalue weighted by molar-refractivity contribution is 0.612. The van der Waals surface area contributed by atoms with E-state index in [0.717, 1.165) is 21.2 Å². The Labute approximate surface area is 89.1 Å². The predicted octanol–water partition coefficient (Wildman–Crippen LogP) is 2.89. The van der Waals surface area contributed by atoms with E-state index in [2.05, 4.69) is 14.3 Å². The van der Waals surface area contributed by atoms with Crippen LogP contribution in [0.3, 0.4) is 0 Å². The topological polar surface area (TPSA) is 54.7 Å². The van der Waals surface area contributed by atoms with E-state index >= 15 is 0 Å². The molecular weight excluding hydrogens is 210 g/mol. The second kappa shape index (κ2) is 3.36. The van der Waals surface area contributed by atoms with Crippen LogP contribution in [0.15, 0.2) is 41.5 Å². The molecule has 0 spiro atoms. The molecule has 0 atom stereocenters. The van der Waals surface area contributed by atoms with Gasteiger partial charge in [0.1, 0.15) is 16.5 Å². The minimum absolute atomic E-state index is 0.797. The lowest BCUT2D eigenvalue weighted by atomic mass is 10.3. The van der Waals surface area contributed by atoms with Gasteiger partial charge in [-0.05, 0) is 17.6 Å². The van der Waals surface area contributed by atoms with Gasteiger partial charge in [0.15, 0.2) is 5.58 Å². The van der Waals surface area contributed by atoms with E-state index < -0.39 is 0 Å².